The Morgan fingerprint density at radius 2 is 1.59 bits per heavy atom. The molecule has 0 saturated heterocycles. The van der Waals surface area contributed by atoms with Gasteiger partial charge in [0.15, 0.2) is 0 Å². The summed E-state index contributed by atoms with van der Waals surface area (Å²) in [6.07, 6.45) is 7.15. The van der Waals surface area contributed by atoms with Crippen molar-refractivity contribution in [2.75, 3.05) is 19.6 Å². The summed E-state index contributed by atoms with van der Waals surface area (Å²) < 4.78 is 0. The second-order valence-electron chi connectivity index (χ2n) is 6.41. The minimum Gasteiger partial charge on any atom is -0.313 e. The predicted octanol–water partition coefficient (Wildman–Crippen LogP) is 2.89. The highest BCUT2D eigenvalue weighted by Gasteiger charge is 2.31. The highest BCUT2D eigenvalue weighted by molar-refractivity contribution is 4.85. The second-order valence-corrected chi connectivity index (χ2v) is 6.41. The third kappa shape index (κ3) is 4.97. The second kappa shape index (κ2) is 6.19. The molecule has 2 nitrogen and oxygen atoms in total. The monoisotopic (exact) mass is 238 g/mol. The molecule has 0 bridgehead atoms. The molecule has 0 amide bonds. The van der Waals surface area contributed by atoms with E-state index in [1.54, 1.807) is 0 Å². The summed E-state index contributed by atoms with van der Waals surface area (Å²) in [6.45, 7) is 10.8. The molecule has 2 unspecified atom stereocenters. The van der Waals surface area contributed by atoms with Gasteiger partial charge >= 0.3 is 0 Å². The van der Waals surface area contributed by atoms with Gasteiger partial charge in [-0.2, -0.15) is 0 Å². The van der Waals surface area contributed by atoms with Crippen molar-refractivity contribution in [3.63, 3.8) is 0 Å². The average molecular weight is 238 g/mol. The Morgan fingerprint density at radius 1 is 1.06 bits per heavy atom. The Balaban J connectivity index is 1.71. The molecular formula is C15H30N2. The fraction of sp³-hybridized carbons (Fsp3) is 1.00. The SMILES string of the molecule is CCC(C)NCC(C)N(CC1CC1)CC1CC1. The first-order valence-electron chi connectivity index (χ1n) is 7.66. The van der Waals surface area contributed by atoms with Crippen LogP contribution in [0.15, 0.2) is 0 Å². The van der Waals surface area contributed by atoms with Gasteiger partial charge in [-0.25, -0.2) is 0 Å². The maximum atomic E-state index is 3.66. The maximum absolute atomic E-state index is 3.66. The summed E-state index contributed by atoms with van der Waals surface area (Å²) in [5, 5.41) is 3.66. The largest absolute Gasteiger partial charge is 0.313 e. The average Bonchev–Trinajstić information content (AvgIpc) is 3.18. The number of nitrogens with one attached hydrogen (secondary N) is 1. The quantitative estimate of drug-likeness (QED) is 0.664. The molecule has 2 atom stereocenters. The maximum Gasteiger partial charge on any atom is 0.0192 e. The molecule has 2 saturated carbocycles. The highest BCUT2D eigenvalue weighted by Crippen LogP contribution is 2.34. The van der Waals surface area contributed by atoms with E-state index in [-0.39, 0.29) is 0 Å². The van der Waals surface area contributed by atoms with Crippen molar-refractivity contribution in [2.24, 2.45) is 11.8 Å². The molecule has 2 aliphatic carbocycles. The Hall–Kier alpha value is -0.0800. The zero-order chi connectivity index (χ0) is 12.3. The van der Waals surface area contributed by atoms with Crippen LogP contribution in [0, 0.1) is 11.8 Å². The molecule has 0 aromatic carbocycles. The van der Waals surface area contributed by atoms with E-state index in [1.807, 2.05) is 0 Å². The molecule has 0 radical (unpaired) electrons. The zero-order valence-corrected chi connectivity index (χ0v) is 11.9. The van der Waals surface area contributed by atoms with Crippen LogP contribution in [0.4, 0.5) is 0 Å². The van der Waals surface area contributed by atoms with Crippen LogP contribution >= 0.6 is 0 Å². The van der Waals surface area contributed by atoms with Crippen LogP contribution in [0.2, 0.25) is 0 Å². The number of hydrogen-bond donors (Lipinski definition) is 1. The fourth-order valence-corrected chi connectivity index (χ4v) is 2.34. The van der Waals surface area contributed by atoms with Gasteiger partial charge < -0.3 is 5.32 Å². The van der Waals surface area contributed by atoms with Gasteiger partial charge in [-0.15, -0.1) is 0 Å². The number of rotatable bonds is 9. The first-order valence-corrected chi connectivity index (χ1v) is 7.66. The number of nitrogens with zero attached hydrogens (tertiary/aromatic N) is 1. The minimum atomic E-state index is 0.668. The van der Waals surface area contributed by atoms with E-state index in [1.165, 1.54) is 45.2 Å². The lowest BCUT2D eigenvalue weighted by Gasteiger charge is -2.30. The summed E-state index contributed by atoms with van der Waals surface area (Å²) in [7, 11) is 0. The van der Waals surface area contributed by atoms with Gasteiger partial charge in [0.25, 0.3) is 0 Å². The summed E-state index contributed by atoms with van der Waals surface area (Å²) in [6, 6.07) is 1.38. The van der Waals surface area contributed by atoms with Crippen molar-refractivity contribution < 1.29 is 0 Å². The van der Waals surface area contributed by atoms with E-state index in [4.69, 9.17) is 0 Å². The molecule has 1 N–H and O–H groups in total. The van der Waals surface area contributed by atoms with E-state index >= 15 is 0 Å². The van der Waals surface area contributed by atoms with Crippen LogP contribution in [0.3, 0.4) is 0 Å². The molecule has 2 fully saturated rings. The summed E-state index contributed by atoms with van der Waals surface area (Å²) in [5.74, 6) is 2.06. The third-order valence-electron chi connectivity index (χ3n) is 4.38. The van der Waals surface area contributed by atoms with Crippen molar-refractivity contribution >= 4 is 0 Å². The summed E-state index contributed by atoms with van der Waals surface area (Å²) >= 11 is 0. The van der Waals surface area contributed by atoms with E-state index in [0.29, 0.717) is 12.1 Å². The molecule has 2 heteroatoms. The minimum absolute atomic E-state index is 0.668. The molecule has 0 aromatic heterocycles. The van der Waals surface area contributed by atoms with E-state index in [2.05, 4.69) is 31.0 Å². The van der Waals surface area contributed by atoms with Crippen molar-refractivity contribution in [1.82, 2.24) is 10.2 Å². The van der Waals surface area contributed by atoms with Crippen molar-refractivity contribution in [2.45, 2.75) is 65.0 Å². The fourth-order valence-electron chi connectivity index (χ4n) is 2.34. The highest BCUT2D eigenvalue weighted by atomic mass is 15.2. The standard InChI is InChI=1S/C15H30N2/c1-4-12(2)16-9-13(3)17(10-14-5-6-14)11-15-7-8-15/h12-16H,4-11H2,1-3H3. The first-order chi connectivity index (χ1) is 8.19. The van der Waals surface area contributed by atoms with Gasteiger partial charge in [-0.1, -0.05) is 6.92 Å². The van der Waals surface area contributed by atoms with Gasteiger partial charge in [-0.05, 0) is 57.8 Å². The van der Waals surface area contributed by atoms with Crippen molar-refractivity contribution in [1.29, 1.82) is 0 Å². The lowest BCUT2D eigenvalue weighted by Crippen LogP contribution is -2.44. The van der Waals surface area contributed by atoms with Crippen molar-refractivity contribution in [3.8, 4) is 0 Å². The topological polar surface area (TPSA) is 15.3 Å². The first kappa shape index (κ1) is 13.4. The molecule has 0 aliphatic heterocycles. The lowest BCUT2D eigenvalue weighted by molar-refractivity contribution is 0.185. The van der Waals surface area contributed by atoms with E-state index in [0.717, 1.165) is 18.4 Å². The predicted molar refractivity (Wildman–Crippen MR) is 74.2 cm³/mol. The summed E-state index contributed by atoms with van der Waals surface area (Å²) in [5.41, 5.74) is 0. The molecule has 2 aliphatic rings. The van der Waals surface area contributed by atoms with Gasteiger partial charge in [0.2, 0.25) is 0 Å². The molecule has 100 valence electrons. The molecular weight excluding hydrogens is 208 g/mol. The molecule has 0 heterocycles. The Kier molecular flexibility index (Phi) is 4.87. The molecule has 17 heavy (non-hydrogen) atoms. The summed E-state index contributed by atoms with van der Waals surface area (Å²) in [4.78, 5) is 2.75. The van der Waals surface area contributed by atoms with Crippen molar-refractivity contribution in [3.05, 3.63) is 0 Å². The van der Waals surface area contributed by atoms with Gasteiger partial charge in [0.05, 0.1) is 0 Å². The molecule has 0 aromatic rings. The van der Waals surface area contributed by atoms with Crippen LogP contribution in [0.5, 0.6) is 0 Å². The van der Waals surface area contributed by atoms with Crippen LogP contribution in [0.25, 0.3) is 0 Å². The van der Waals surface area contributed by atoms with Crippen LogP contribution in [0.1, 0.15) is 52.9 Å². The normalized spacial score (nSPS) is 24.0. The Labute approximate surface area is 107 Å². The van der Waals surface area contributed by atoms with Gasteiger partial charge in [-0.3, -0.25) is 4.90 Å². The Morgan fingerprint density at radius 3 is 2.00 bits per heavy atom. The Bertz CT molecular complexity index is 207. The van der Waals surface area contributed by atoms with E-state index < -0.39 is 0 Å². The molecule has 2 rings (SSSR count). The third-order valence-corrected chi connectivity index (χ3v) is 4.38. The van der Waals surface area contributed by atoms with Crippen LogP contribution in [-0.2, 0) is 0 Å². The van der Waals surface area contributed by atoms with E-state index in [9.17, 15) is 0 Å². The van der Waals surface area contributed by atoms with Gasteiger partial charge in [0.1, 0.15) is 0 Å². The number of hydrogen-bond acceptors (Lipinski definition) is 2. The lowest BCUT2D eigenvalue weighted by atomic mass is 10.2. The zero-order valence-electron chi connectivity index (χ0n) is 11.9. The van der Waals surface area contributed by atoms with Crippen LogP contribution < -0.4 is 5.32 Å². The van der Waals surface area contributed by atoms with Crippen LogP contribution in [-0.4, -0.2) is 36.6 Å². The molecule has 0 spiro atoms. The smallest absolute Gasteiger partial charge is 0.0192 e. The van der Waals surface area contributed by atoms with Gasteiger partial charge in [0, 0.05) is 31.7 Å².